The zero-order chi connectivity index (χ0) is 36.3. The number of nitriles is 1. The molecule has 0 unspecified atom stereocenters. The molecule has 0 bridgehead atoms. The summed E-state index contributed by atoms with van der Waals surface area (Å²) in [5.74, 6) is 1.87. The van der Waals surface area contributed by atoms with Crippen LogP contribution in [0.15, 0.2) is 194 Å². The third-order valence-corrected chi connectivity index (χ3v) is 9.78. The number of hydrogen-bond acceptors (Lipinski definition) is 4. The highest BCUT2D eigenvalue weighted by atomic mass is 15.0. The molecule has 8 aromatic carbocycles. The zero-order valence-corrected chi connectivity index (χ0v) is 29.3. The van der Waals surface area contributed by atoms with Crippen LogP contribution in [-0.4, -0.2) is 15.0 Å². The van der Waals surface area contributed by atoms with Gasteiger partial charge in [-0.1, -0.05) is 164 Å². The van der Waals surface area contributed by atoms with Crippen molar-refractivity contribution >= 4 is 10.8 Å². The van der Waals surface area contributed by atoms with E-state index in [4.69, 9.17) is 15.0 Å². The maximum Gasteiger partial charge on any atom is 0.164 e. The van der Waals surface area contributed by atoms with Crippen molar-refractivity contribution in [2.75, 3.05) is 0 Å². The minimum absolute atomic E-state index is 0.614. The van der Waals surface area contributed by atoms with Gasteiger partial charge in [0.15, 0.2) is 17.5 Å². The summed E-state index contributed by atoms with van der Waals surface area (Å²) in [7, 11) is 0. The Kier molecular flexibility index (Phi) is 8.57. The van der Waals surface area contributed by atoms with Crippen molar-refractivity contribution in [1.82, 2.24) is 15.0 Å². The van der Waals surface area contributed by atoms with Gasteiger partial charge in [-0.2, -0.15) is 5.26 Å². The lowest BCUT2D eigenvalue weighted by Crippen LogP contribution is -2.00. The zero-order valence-electron chi connectivity index (χ0n) is 29.3. The van der Waals surface area contributed by atoms with Crippen LogP contribution in [0, 0.1) is 11.3 Å². The van der Waals surface area contributed by atoms with E-state index in [-0.39, 0.29) is 0 Å². The molecule has 4 nitrogen and oxygen atoms in total. The molecule has 0 atom stereocenters. The maximum atomic E-state index is 9.48. The highest BCUT2D eigenvalue weighted by Crippen LogP contribution is 2.42. The minimum atomic E-state index is 0.614. The predicted octanol–water partition coefficient (Wildman–Crippen LogP) is 12.6. The van der Waals surface area contributed by atoms with Crippen LogP contribution < -0.4 is 0 Å². The number of rotatable bonds is 7. The molecule has 0 N–H and O–H groups in total. The molecule has 9 rings (SSSR count). The average Bonchev–Trinajstić information content (AvgIpc) is 3.26. The largest absolute Gasteiger partial charge is 0.208 e. The third kappa shape index (κ3) is 6.43. The van der Waals surface area contributed by atoms with E-state index in [2.05, 4.69) is 133 Å². The summed E-state index contributed by atoms with van der Waals surface area (Å²) in [6, 6.07) is 68.9. The Morgan fingerprint density at radius 1 is 0.296 bits per heavy atom. The number of fused-ring (bicyclic) bond motifs is 1. The number of aromatic nitrogens is 3. The van der Waals surface area contributed by atoms with Gasteiger partial charge in [0.1, 0.15) is 0 Å². The molecule has 252 valence electrons. The first-order valence-electron chi connectivity index (χ1n) is 17.9. The van der Waals surface area contributed by atoms with Gasteiger partial charge in [0, 0.05) is 16.7 Å². The molecule has 0 fully saturated rings. The summed E-state index contributed by atoms with van der Waals surface area (Å²) < 4.78 is 0. The Hall–Kier alpha value is -7.48. The highest BCUT2D eigenvalue weighted by molar-refractivity contribution is 5.95. The molecule has 0 radical (unpaired) electrons. The van der Waals surface area contributed by atoms with Gasteiger partial charge in [-0.05, 0) is 85.6 Å². The second kappa shape index (κ2) is 14.3. The van der Waals surface area contributed by atoms with Crippen LogP contribution in [0.3, 0.4) is 0 Å². The Bertz CT molecular complexity index is 2790. The SMILES string of the molecule is N#Cc1ccc(-c2cc(-c3ccccc3)c(-c3ccc(-c4nc(-c5ccccc5)nc(-c5ccc6ccccc6c5)n4)cc3)cc2-c2ccccc2)cc1. The molecule has 1 heterocycles. The molecule has 54 heavy (non-hydrogen) atoms. The van der Waals surface area contributed by atoms with E-state index >= 15 is 0 Å². The fourth-order valence-electron chi connectivity index (χ4n) is 6.99. The quantitative estimate of drug-likeness (QED) is 0.167. The number of benzene rings is 8. The van der Waals surface area contributed by atoms with Crippen LogP contribution >= 0.6 is 0 Å². The normalized spacial score (nSPS) is 10.9. The van der Waals surface area contributed by atoms with Gasteiger partial charge in [-0.3, -0.25) is 0 Å². The standard InChI is InChI=1S/C50H32N4/c51-33-34-20-22-38(23-21-34)46-31-45(37-15-6-2-7-16-37)47(32-44(46)36-13-4-1-5-14-36)39-25-27-41(28-26-39)49-52-48(40-17-8-3-9-18-40)53-50(54-49)43-29-24-35-12-10-11-19-42(35)30-43/h1-32H. The summed E-state index contributed by atoms with van der Waals surface area (Å²) in [5, 5.41) is 11.8. The Labute approximate surface area is 314 Å². The van der Waals surface area contributed by atoms with Crippen molar-refractivity contribution in [2.45, 2.75) is 0 Å². The van der Waals surface area contributed by atoms with Crippen LogP contribution in [0.25, 0.3) is 89.4 Å². The average molecular weight is 689 g/mol. The van der Waals surface area contributed by atoms with Crippen molar-refractivity contribution in [3.05, 3.63) is 200 Å². The van der Waals surface area contributed by atoms with E-state index in [9.17, 15) is 5.26 Å². The second-order valence-corrected chi connectivity index (χ2v) is 13.2. The number of nitrogens with zero attached hydrogens (tertiary/aromatic N) is 4. The molecular formula is C50H32N4. The molecule has 0 saturated heterocycles. The Morgan fingerprint density at radius 3 is 1.15 bits per heavy atom. The summed E-state index contributed by atoms with van der Waals surface area (Å²) in [4.78, 5) is 15.0. The fraction of sp³-hybridized carbons (Fsp3) is 0. The summed E-state index contributed by atoms with van der Waals surface area (Å²) >= 11 is 0. The maximum absolute atomic E-state index is 9.48. The number of hydrogen-bond donors (Lipinski definition) is 0. The van der Waals surface area contributed by atoms with E-state index in [1.54, 1.807) is 0 Å². The van der Waals surface area contributed by atoms with Crippen molar-refractivity contribution in [1.29, 1.82) is 5.26 Å². The van der Waals surface area contributed by atoms with Gasteiger partial charge < -0.3 is 0 Å². The third-order valence-electron chi connectivity index (χ3n) is 9.78. The first kappa shape index (κ1) is 32.4. The Morgan fingerprint density at radius 2 is 0.648 bits per heavy atom. The van der Waals surface area contributed by atoms with E-state index in [0.717, 1.165) is 66.6 Å². The van der Waals surface area contributed by atoms with E-state index in [1.807, 2.05) is 66.7 Å². The van der Waals surface area contributed by atoms with Crippen molar-refractivity contribution in [2.24, 2.45) is 0 Å². The lowest BCUT2D eigenvalue weighted by molar-refractivity contribution is 1.07. The summed E-state index contributed by atoms with van der Waals surface area (Å²) in [5.41, 5.74) is 12.2. The van der Waals surface area contributed by atoms with Gasteiger partial charge in [0.05, 0.1) is 11.6 Å². The van der Waals surface area contributed by atoms with Crippen LogP contribution in [0.4, 0.5) is 0 Å². The minimum Gasteiger partial charge on any atom is -0.208 e. The van der Waals surface area contributed by atoms with Gasteiger partial charge in [0.2, 0.25) is 0 Å². The molecule has 0 spiro atoms. The topological polar surface area (TPSA) is 62.5 Å². The van der Waals surface area contributed by atoms with E-state index in [1.165, 1.54) is 5.39 Å². The van der Waals surface area contributed by atoms with Gasteiger partial charge in [-0.25, -0.2) is 15.0 Å². The molecule has 0 aliphatic heterocycles. The van der Waals surface area contributed by atoms with Crippen molar-refractivity contribution in [3.63, 3.8) is 0 Å². The van der Waals surface area contributed by atoms with E-state index < -0.39 is 0 Å². The predicted molar refractivity (Wildman–Crippen MR) is 220 cm³/mol. The lowest BCUT2D eigenvalue weighted by Gasteiger charge is -2.18. The molecule has 1 aromatic heterocycles. The summed E-state index contributed by atoms with van der Waals surface area (Å²) in [6.45, 7) is 0. The van der Waals surface area contributed by atoms with Crippen LogP contribution in [-0.2, 0) is 0 Å². The lowest BCUT2D eigenvalue weighted by atomic mass is 9.85. The van der Waals surface area contributed by atoms with Crippen LogP contribution in [0.1, 0.15) is 5.56 Å². The monoisotopic (exact) mass is 688 g/mol. The molecule has 0 saturated carbocycles. The van der Waals surface area contributed by atoms with Crippen molar-refractivity contribution < 1.29 is 0 Å². The molecule has 0 aliphatic rings. The second-order valence-electron chi connectivity index (χ2n) is 13.2. The van der Waals surface area contributed by atoms with Crippen molar-refractivity contribution in [3.8, 4) is 84.7 Å². The first-order valence-corrected chi connectivity index (χ1v) is 17.9. The van der Waals surface area contributed by atoms with Gasteiger partial charge in [0.25, 0.3) is 0 Å². The summed E-state index contributed by atoms with van der Waals surface area (Å²) in [6.07, 6.45) is 0. The molecule has 0 amide bonds. The van der Waals surface area contributed by atoms with Crippen LogP contribution in [0.2, 0.25) is 0 Å². The molecular weight excluding hydrogens is 657 g/mol. The molecule has 9 aromatic rings. The van der Waals surface area contributed by atoms with Gasteiger partial charge >= 0.3 is 0 Å². The molecule has 0 aliphatic carbocycles. The fourth-order valence-corrected chi connectivity index (χ4v) is 6.99. The van der Waals surface area contributed by atoms with Crippen LogP contribution in [0.5, 0.6) is 0 Å². The smallest absolute Gasteiger partial charge is 0.164 e. The molecule has 4 heteroatoms. The van der Waals surface area contributed by atoms with E-state index in [0.29, 0.717) is 23.0 Å². The van der Waals surface area contributed by atoms with Gasteiger partial charge in [-0.15, -0.1) is 0 Å². The highest BCUT2D eigenvalue weighted by Gasteiger charge is 2.18. The Balaban J connectivity index is 1.19. The first-order chi connectivity index (χ1) is 26.7.